The summed E-state index contributed by atoms with van der Waals surface area (Å²) >= 11 is 13.0. The van der Waals surface area contributed by atoms with Crippen molar-refractivity contribution in [2.24, 2.45) is 0 Å². The summed E-state index contributed by atoms with van der Waals surface area (Å²) in [5.74, 6) is -0.123. The quantitative estimate of drug-likeness (QED) is 0.321. The Morgan fingerprint density at radius 1 is 0.923 bits per heavy atom. The van der Waals surface area contributed by atoms with Crippen LogP contribution < -0.4 is 9.64 Å². The molecule has 0 atom stereocenters. The fraction of sp³-hybridized carbons (Fsp3) is 0.207. The van der Waals surface area contributed by atoms with Gasteiger partial charge < -0.3 is 14.5 Å². The van der Waals surface area contributed by atoms with Crippen LogP contribution >= 0.6 is 35.0 Å². The van der Waals surface area contributed by atoms with Crippen LogP contribution in [-0.4, -0.2) is 59.6 Å². The molecule has 3 amide bonds. The van der Waals surface area contributed by atoms with Gasteiger partial charge in [0.25, 0.3) is 11.1 Å². The largest absolute Gasteiger partial charge is 0.489 e. The highest BCUT2D eigenvalue weighted by atomic mass is 35.5. The number of amides is 3. The second kappa shape index (κ2) is 12.2. The van der Waals surface area contributed by atoms with Crippen molar-refractivity contribution in [2.45, 2.75) is 6.61 Å². The molecular formula is C29H25Cl2N3O4S. The Morgan fingerprint density at radius 2 is 1.69 bits per heavy atom. The molecule has 2 fully saturated rings. The summed E-state index contributed by atoms with van der Waals surface area (Å²) < 4.78 is 5.86. The fourth-order valence-electron chi connectivity index (χ4n) is 4.37. The number of hydrogen-bond acceptors (Lipinski definition) is 6. The zero-order chi connectivity index (χ0) is 27.4. The van der Waals surface area contributed by atoms with Crippen molar-refractivity contribution in [3.63, 3.8) is 0 Å². The van der Waals surface area contributed by atoms with Crippen molar-refractivity contribution in [3.8, 4) is 5.75 Å². The molecule has 2 saturated heterocycles. The van der Waals surface area contributed by atoms with Gasteiger partial charge in [0.05, 0.1) is 4.91 Å². The van der Waals surface area contributed by atoms with Gasteiger partial charge in [0.2, 0.25) is 5.91 Å². The number of rotatable bonds is 7. The van der Waals surface area contributed by atoms with Crippen LogP contribution in [0.5, 0.6) is 5.75 Å². The third-order valence-corrected chi connectivity index (χ3v) is 7.98. The van der Waals surface area contributed by atoms with Crippen molar-refractivity contribution >= 4 is 63.8 Å². The van der Waals surface area contributed by atoms with Crippen LogP contribution in [0.2, 0.25) is 10.0 Å². The molecule has 3 aromatic rings. The van der Waals surface area contributed by atoms with Gasteiger partial charge in [-0.05, 0) is 59.8 Å². The Balaban J connectivity index is 1.18. The second-order valence-electron chi connectivity index (χ2n) is 9.07. The standard InChI is InChI=1S/C29H25Cl2N3O4S/c30-22-10-9-21(25(31)17-22)19-38-24-8-4-5-20(15-24)16-26-28(36)34(29(37)39-26)18-27(35)33-13-11-32(12-14-33)23-6-2-1-3-7-23/h1-10,15-17H,11-14,18-19H2/b26-16+. The third-order valence-electron chi connectivity index (χ3n) is 6.49. The van der Waals surface area contributed by atoms with E-state index in [9.17, 15) is 14.4 Å². The van der Waals surface area contributed by atoms with Crippen LogP contribution in [0.3, 0.4) is 0 Å². The lowest BCUT2D eigenvalue weighted by atomic mass is 10.2. The molecule has 0 N–H and O–H groups in total. The number of piperazine rings is 1. The van der Waals surface area contributed by atoms with Gasteiger partial charge in [-0.1, -0.05) is 59.6 Å². The van der Waals surface area contributed by atoms with Gasteiger partial charge >= 0.3 is 0 Å². The minimum absolute atomic E-state index is 0.234. The lowest BCUT2D eigenvalue weighted by Crippen LogP contribution is -2.51. The highest BCUT2D eigenvalue weighted by Gasteiger charge is 2.37. The van der Waals surface area contributed by atoms with E-state index in [0.717, 1.165) is 27.9 Å². The SMILES string of the molecule is O=C(CN1C(=O)S/C(=C/c2cccc(OCc3ccc(Cl)cc3Cl)c2)C1=O)N1CCN(c2ccccc2)CC1. The van der Waals surface area contributed by atoms with Crippen LogP contribution in [0.1, 0.15) is 11.1 Å². The molecule has 2 aliphatic heterocycles. The lowest BCUT2D eigenvalue weighted by molar-refractivity contribution is -0.136. The Morgan fingerprint density at radius 3 is 2.44 bits per heavy atom. The molecule has 2 heterocycles. The second-order valence-corrected chi connectivity index (χ2v) is 10.9. The van der Waals surface area contributed by atoms with E-state index in [1.807, 2.05) is 36.4 Å². The minimum Gasteiger partial charge on any atom is -0.489 e. The summed E-state index contributed by atoms with van der Waals surface area (Å²) in [6, 6.07) is 22.4. The first-order valence-electron chi connectivity index (χ1n) is 12.4. The predicted molar refractivity (Wildman–Crippen MR) is 155 cm³/mol. The van der Waals surface area contributed by atoms with Crippen molar-refractivity contribution < 1.29 is 19.1 Å². The summed E-state index contributed by atoms with van der Waals surface area (Å²) in [7, 11) is 0. The molecule has 3 aromatic carbocycles. The first-order valence-corrected chi connectivity index (χ1v) is 13.9. The van der Waals surface area contributed by atoms with Crippen molar-refractivity contribution in [1.29, 1.82) is 0 Å². The smallest absolute Gasteiger partial charge is 0.294 e. The summed E-state index contributed by atoms with van der Waals surface area (Å²) in [4.78, 5) is 43.8. The van der Waals surface area contributed by atoms with E-state index in [1.54, 1.807) is 47.4 Å². The predicted octanol–water partition coefficient (Wildman–Crippen LogP) is 5.96. The van der Waals surface area contributed by atoms with E-state index in [2.05, 4.69) is 4.90 Å². The molecule has 7 nitrogen and oxygen atoms in total. The average Bonchev–Trinajstić information content (AvgIpc) is 3.20. The topological polar surface area (TPSA) is 70.2 Å². The van der Waals surface area contributed by atoms with E-state index >= 15 is 0 Å². The molecule has 0 unspecified atom stereocenters. The molecule has 0 spiro atoms. The Hall–Kier alpha value is -3.46. The Kier molecular flexibility index (Phi) is 8.45. The lowest BCUT2D eigenvalue weighted by Gasteiger charge is -2.36. The van der Waals surface area contributed by atoms with Gasteiger partial charge in [0.15, 0.2) is 0 Å². The number of halogens is 2. The van der Waals surface area contributed by atoms with E-state index in [4.69, 9.17) is 27.9 Å². The number of hydrogen-bond donors (Lipinski definition) is 0. The van der Waals surface area contributed by atoms with Crippen molar-refractivity contribution in [1.82, 2.24) is 9.80 Å². The maximum absolute atomic E-state index is 13.0. The summed E-state index contributed by atoms with van der Waals surface area (Å²) in [6.45, 7) is 2.44. The number of imide groups is 1. The zero-order valence-corrected chi connectivity index (χ0v) is 23.2. The molecule has 2 aliphatic rings. The molecule has 5 rings (SSSR count). The molecule has 0 bridgehead atoms. The van der Waals surface area contributed by atoms with Crippen LogP contribution in [0, 0.1) is 0 Å². The van der Waals surface area contributed by atoms with E-state index in [-0.39, 0.29) is 24.0 Å². The van der Waals surface area contributed by atoms with Gasteiger partial charge in [0, 0.05) is 47.5 Å². The number of carbonyl (C=O) groups is 3. The molecule has 0 saturated carbocycles. The van der Waals surface area contributed by atoms with Gasteiger partial charge in [-0.3, -0.25) is 19.3 Å². The third kappa shape index (κ3) is 6.58. The number of carbonyl (C=O) groups excluding carboxylic acids is 3. The summed E-state index contributed by atoms with van der Waals surface area (Å²) in [5, 5.41) is 0.610. The first-order chi connectivity index (χ1) is 18.9. The Bertz CT molecular complexity index is 1430. The molecule has 0 aliphatic carbocycles. The average molecular weight is 583 g/mol. The van der Waals surface area contributed by atoms with Crippen molar-refractivity contribution in [2.75, 3.05) is 37.6 Å². The number of anilines is 1. The van der Waals surface area contributed by atoms with Crippen molar-refractivity contribution in [3.05, 3.63) is 98.9 Å². The normalized spacial score (nSPS) is 16.8. The fourth-order valence-corrected chi connectivity index (χ4v) is 5.67. The van der Waals surface area contributed by atoms with Gasteiger partial charge in [-0.15, -0.1) is 0 Å². The molecule has 0 aromatic heterocycles. The molecule has 39 heavy (non-hydrogen) atoms. The zero-order valence-electron chi connectivity index (χ0n) is 20.9. The first kappa shape index (κ1) is 27.1. The number of thioether (sulfide) groups is 1. The van der Waals surface area contributed by atoms with Gasteiger partial charge in [0.1, 0.15) is 18.9 Å². The number of benzene rings is 3. The van der Waals surface area contributed by atoms with E-state index < -0.39 is 11.1 Å². The number of para-hydroxylation sites is 1. The summed E-state index contributed by atoms with van der Waals surface area (Å²) in [5.41, 5.74) is 2.60. The molecule has 10 heteroatoms. The highest BCUT2D eigenvalue weighted by Crippen LogP contribution is 2.33. The number of ether oxygens (including phenoxy) is 1. The van der Waals surface area contributed by atoms with Gasteiger partial charge in [-0.2, -0.15) is 0 Å². The van der Waals surface area contributed by atoms with Crippen LogP contribution in [0.15, 0.2) is 77.7 Å². The van der Waals surface area contributed by atoms with Crippen LogP contribution in [0.4, 0.5) is 10.5 Å². The maximum atomic E-state index is 13.0. The van der Waals surface area contributed by atoms with E-state index in [1.165, 1.54) is 0 Å². The maximum Gasteiger partial charge on any atom is 0.294 e. The molecular weight excluding hydrogens is 557 g/mol. The monoisotopic (exact) mass is 581 g/mol. The minimum atomic E-state index is -0.472. The van der Waals surface area contributed by atoms with Crippen LogP contribution in [-0.2, 0) is 16.2 Å². The summed E-state index contributed by atoms with van der Waals surface area (Å²) in [6.07, 6.45) is 1.64. The molecule has 0 radical (unpaired) electrons. The van der Waals surface area contributed by atoms with Crippen LogP contribution in [0.25, 0.3) is 6.08 Å². The Labute approximate surface area is 240 Å². The van der Waals surface area contributed by atoms with E-state index in [0.29, 0.717) is 47.5 Å². The number of nitrogens with zero attached hydrogens (tertiary/aromatic N) is 3. The highest BCUT2D eigenvalue weighted by molar-refractivity contribution is 8.18. The van der Waals surface area contributed by atoms with Gasteiger partial charge in [-0.25, -0.2) is 0 Å². The molecule has 200 valence electrons.